The zero-order valence-electron chi connectivity index (χ0n) is 12.2. The van der Waals surface area contributed by atoms with Crippen LogP contribution in [0.1, 0.15) is 6.23 Å². The SMILES string of the molecule is CBNCN1C[C@]2(CO)OC(n3ccc(=O)[nH]c3=O)C1C2O. The fourth-order valence-corrected chi connectivity index (χ4v) is 3.25. The molecule has 2 aliphatic heterocycles. The molecule has 1 aromatic heterocycles. The van der Waals surface area contributed by atoms with Crippen LogP contribution in [-0.4, -0.2) is 69.6 Å². The van der Waals surface area contributed by atoms with Crippen LogP contribution in [0.5, 0.6) is 0 Å². The number of ether oxygens (including phenoxy) is 1. The molecule has 2 fully saturated rings. The Morgan fingerprint density at radius 2 is 2.36 bits per heavy atom. The molecule has 2 bridgehead atoms. The quantitative estimate of drug-likeness (QED) is 0.423. The lowest BCUT2D eigenvalue weighted by Gasteiger charge is -2.36. The summed E-state index contributed by atoms with van der Waals surface area (Å²) in [5, 5.41) is 23.3. The van der Waals surface area contributed by atoms with E-state index in [1.165, 1.54) is 16.8 Å². The zero-order valence-corrected chi connectivity index (χ0v) is 12.2. The van der Waals surface area contributed by atoms with Crippen molar-refractivity contribution in [3.05, 3.63) is 33.1 Å². The number of likely N-dealkylation sites (tertiary alicyclic amines) is 1. The Kier molecular flexibility index (Phi) is 3.95. The van der Waals surface area contributed by atoms with Crippen LogP contribution in [0, 0.1) is 0 Å². The van der Waals surface area contributed by atoms with E-state index >= 15 is 0 Å². The molecule has 4 atom stereocenters. The van der Waals surface area contributed by atoms with Gasteiger partial charge in [-0.15, -0.1) is 0 Å². The van der Waals surface area contributed by atoms with Crippen LogP contribution in [-0.2, 0) is 4.74 Å². The van der Waals surface area contributed by atoms with Gasteiger partial charge in [0.1, 0.15) is 11.7 Å². The number of aliphatic hydroxyl groups excluding tert-OH is 2. The first-order valence-corrected chi connectivity index (χ1v) is 7.25. The largest absolute Gasteiger partial charge is 0.393 e. The monoisotopic (exact) mass is 310 g/mol. The summed E-state index contributed by atoms with van der Waals surface area (Å²) in [6.07, 6.45) is -0.339. The molecule has 10 heteroatoms. The fraction of sp³-hybridized carbons (Fsp3) is 0.667. The molecule has 3 heterocycles. The number of hydrogen-bond acceptors (Lipinski definition) is 7. The molecule has 120 valence electrons. The summed E-state index contributed by atoms with van der Waals surface area (Å²) in [5.41, 5.74) is -2.21. The fourth-order valence-electron chi connectivity index (χ4n) is 3.25. The highest BCUT2D eigenvalue weighted by Crippen LogP contribution is 2.45. The average molecular weight is 310 g/mol. The summed E-state index contributed by atoms with van der Waals surface area (Å²) >= 11 is 0. The van der Waals surface area contributed by atoms with Crippen molar-refractivity contribution in [1.82, 2.24) is 19.7 Å². The molecule has 0 amide bonds. The van der Waals surface area contributed by atoms with Gasteiger partial charge in [-0.2, -0.15) is 0 Å². The van der Waals surface area contributed by atoms with E-state index in [0.717, 1.165) is 7.41 Å². The van der Waals surface area contributed by atoms with Crippen molar-refractivity contribution < 1.29 is 14.9 Å². The van der Waals surface area contributed by atoms with Gasteiger partial charge < -0.3 is 20.2 Å². The molecule has 2 saturated heterocycles. The number of morpholine rings is 1. The van der Waals surface area contributed by atoms with E-state index in [4.69, 9.17) is 4.74 Å². The molecular weight excluding hydrogens is 291 g/mol. The molecule has 0 aliphatic carbocycles. The minimum Gasteiger partial charge on any atom is -0.393 e. The third kappa shape index (κ3) is 2.23. The molecule has 0 spiro atoms. The summed E-state index contributed by atoms with van der Waals surface area (Å²) in [5.74, 6) is 0. The van der Waals surface area contributed by atoms with Crippen LogP contribution in [0.15, 0.2) is 21.9 Å². The molecular formula is C12H19BN4O5. The number of aliphatic hydroxyl groups is 2. The van der Waals surface area contributed by atoms with Crippen molar-refractivity contribution in [2.75, 3.05) is 19.8 Å². The standard InChI is InChI=1S/C12H19BN4O5/c1-13-14-6-16-4-12(5-18)9(20)8(16)10(22-12)17-3-2-7(19)15-11(17)21/h2-3,8-10,13-14,18,20H,4-6H2,1H3,(H,15,19,21)/t8?,9?,10?,12-/m1/s1. The Labute approximate surface area is 126 Å². The predicted octanol–water partition coefficient (Wildman–Crippen LogP) is -3.21. The Bertz CT molecular complexity index is 663. The maximum atomic E-state index is 12.0. The zero-order chi connectivity index (χ0) is 15.9. The Morgan fingerprint density at radius 3 is 2.95 bits per heavy atom. The van der Waals surface area contributed by atoms with Crippen molar-refractivity contribution >= 4 is 7.41 Å². The number of aromatic nitrogens is 2. The van der Waals surface area contributed by atoms with Crippen LogP contribution in [0.2, 0.25) is 6.82 Å². The molecule has 3 rings (SSSR count). The minimum atomic E-state index is -1.11. The van der Waals surface area contributed by atoms with Crippen molar-refractivity contribution in [2.24, 2.45) is 0 Å². The number of rotatable bonds is 5. The van der Waals surface area contributed by atoms with Crippen molar-refractivity contribution in [3.63, 3.8) is 0 Å². The highest BCUT2D eigenvalue weighted by atomic mass is 16.6. The second-order valence-electron chi connectivity index (χ2n) is 5.69. The van der Waals surface area contributed by atoms with E-state index in [9.17, 15) is 19.8 Å². The van der Waals surface area contributed by atoms with Gasteiger partial charge in [0.2, 0.25) is 0 Å². The van der Waals surface area contributed by atoms with Crippen LogP contribution in [0.3, 0.4) is 0 Å². The number of H-pyrrole nitrogens is 1. The van der Waals surface area contributed by atoms with Gasteiger partial charge in [-0.3, -0.25) is 19.2 Å². The minimum absolute atomic E-state index is 0.345. The first-order valence-electron chi connectivity index (χ1n) is 7.25. The van der Waals surface area contributed by atoms with Crippen molar-refractivity contribution in [2.45, 2.75) is 30.8 Å². The number of hydrogen-bond donors (Lipinski definition) is 4. The van der Waals surface area contributed by atoms with E-state index in [0.29, 0.717) is 13.2 Å². The lowest BCUT2D eigenvalue weighted by atomic mass is 10.0. The second kappa shape index (κ2) is 5.63. The lowest BCUT2D eigenvalue weighted by molar-refractivity contribution is -0.155. The third-order valence-corrected chi connectivity index (χ3v) is 4.36. The van der Waals surface area contributed by atoms with Gasteiger partial charge in [-0.05, 0) is 0 Å². The number of aromatic amines is 1. The Balaban J connectivity index is 1.96. The number of fused-ring (bicyclic) bond motifs is 2. The highest BCUT2D eigenvalue weighted by Gasteiger charge is 2.63. The number of nitrogens with zero attached hydrogens (tertiary/aromatic N) is 2. The maximum absolute atomic E-state index is 12.0. The predicted molar refractivity (Wildman–Crippen MR) is 78.8 cm³/mol. The Hall–Kier alpha value is -1.46. The van der Waals surface area contributed by atoms with Gasteiger partial charge in [-0.25, -0.2) is 4.79 Å². The summed E-state index contributed by atoms with van der Waals surface area (Å²) in [6.45, 7) is 2.50. The van der Waals surface area contributed by atoms with E-state index < -0.39 is 35.2 Å². The van der Waals surface area contributed by atoms with Crippen LogP contribution < -0.4 is 16.5 Å². The molecule has 0 saturated carbocycles. The van der Waals surface area contributed by atoms with Crippen LogP contribution >= 0.6 is 0 Å². The molecule has 0 aromatic carbocycles. The van der Waals surface area contributed by atoms with Crippen molar-refractivity contribution in [1.29, 1.82) is 0 Å². The van der Waals surface area contributed by atoms with Crippen LogP contribution in [0.25, 0.3) is 0 Å². The maximum Gasteiger partial charge on any atom is 0.330 e. The van der Waals surface area contributed by atoms with Gasteiger partial charge in [0.05, 0.1) is 12.6 Å². The van der Waals surface area contributed by atoms with E-state index in [2.05, 4.69) is 10.2 Å². The van der Waals surface area contributed by atoms with Crippen LogP contribution in [0.4, 0.5) is 0 Å². The molecule has 3 unspecified atom stereocenters. The summed E-state index contributed by atoms with van der Waals surface area (Å²) in [6, 6.07) is 0.749. The molecule has 0 radical (unpaired) electrons. The molecule has 2 aliphatic rings. The summed E-state index contributed by atoms with van der Waals surface area (Å²) < 4.78 is 7.04. The second-order valence-corrected chi connectivity index (χ2v) is 5.69. The molecule has 4 N–H and O–H groups in total. The average Bonchev–Trinajstić information content (AvgIpc) is 2.93. The smallest absolute Gasteiger partial charge is 0.330 e. The third-order valence-electron chi connectivity index (χ3n) is 4.36. The Morgan fingerprint density at radius 1 is 1.59 bits per heavy atom. The van der Waals surface area contributed by atoms with Gasteiger partial charge in [-0.1, -0.05) is 6.82 Å². The van der Waals surface area contributed by atoms with Gasteiger partial charge in [0.25, 0.3) is 5.56 Å². The summed E-state index contributed by atoms with van der Waals surface area (Å²) in [4.78, 5) is 27.3. The van der Waals surface area contributed by atoms with Gasteiger partial charge in [0.15, 0.2) is 13.6 Å². The van der Waals surface area contributed by atoms with E-state index in [1.54, 1.807) is 0 Å². The number of nitrogens with one attached hydrogen (secondary N) is 2. The van der Waals surface area contributed by atoms with Gasteiger partial charge >= 0.3 is 5.69 Å². The van der Waals surface area contributed by atoms with E-state index in [1.807, 2.05) is 11.7 Å². The first kappa shape index (κ1) is 15.4. The normalized spacial score (nSPS) is 34.2. The molecule has 9 nitrogen and oxygen atoms in total. The topological polar surface area (TPSA) is 120 Å². The summed E-state index contributed by atoms with van der Waals surface area (Å²) in [7, 11) is 0.759. The first-order chi connectivity index (χ1) is 10.5. The lowest BCUT2D eigenvalue weighted by Crippen LogP contribution is -2.52. The highest BCUT2D eigenvalue weighted by molar-refractivity contribution is 6.29. The van der Waals surface area contributed by atoms with Crippen molar-refractivity contribution in [3.8, 4) is 0 Å². The van der Waals surface area contributed by atoms with Gasteiger partial charge in [0, 0.05) is 25.5 Å². The van der Waals surface area contributed by atoms with E-state index in [-0.39, 0.29) is 6.61 Å². The molecule has 1 aromatic rings. The molecule has 22 heavy (non-hydrogen) atoms.